The Hall–Kier alpha value is -2.40. The largest absolute Gasteiger partial charge is 0.295 e. The minimum Gasteiger partial charge on any atom is -0.295 e. The molecule has 0 aliphatic carbocycles. The van der Waals surface area contributed by atoms with Crippen LogP contribution in [0.4, 0.5) is 0 Å². The average molecular weight is 425 g/mol. The van der Waals surface area contributed by atoms with E-state index in [4.69, 9.17) is 0 Å². The lowest BCUT2D eigenvalue weighted by Crippen LogP contribution is -2.34. The number of carbonyl (C=O) groups excluding carboxylic acids is 2. The first-order valence-corrected chi connectivity index (χ1v) is 11.2. The van der Waals surface area contributed by atoms with Crippen molar-refractivity contribution in [3.05, 3.63) is 59.7 Å². The Morgan fingerprint density at radius 3 is 1.39 bits per heavy atom. The second-order valence-electron chi connectivity index (χ2n) is 5.96. The molecule has 10 heteroatoms. The van der Waals surface area contributed by atoms with Gasteiger partial charge >= 0.3 is 0 Å². The van der Waals surface area contributed by atoms with Crippen molar-refractivity contribution in [1.82, 2.24) is 9.44 Å². The van der Waals surface area contributed by atoms with E-state index in [0.29, 0.717) is 0 Å². The first-order valence-electron chi connectivity index (χ1n) is 8.24. The zero-order valence-corrected chi connectivity index (χ0v) is 16.9. The van der Waals surface area contributed by atoms with Gasteiger partial charge in [0.05, 0.1) is 9.79 Å². The maximum Gasteiger partial charge on any atom is 0.240 e. The van der Waals surface area contributed by atoms with Crippen molar-refractivity contribution < 1.29 is 26.4 Å². The maximum atomic E-state index is 12.3. The van der Waals surface area contributed by atoms with Crippen LogP contribution in [0.15, 0.2) is 58.3 Å². The molecule has 0 atom stereocenters. The Bertz CT molecular complexity index is 1020. The molecule has 0 fully saturated rings. The fourth-order valence-electron chi connectivity index (χ4n) is 2.30. The lowest BCUT2D eigenvalue weighted by atomic mass is 10.2. The van der Waals surface area contributed by atoms with Crippen molar-refractivity contribution in [1.29, 1.82) is 0 Å². The Labute approximate surface area is 164 Å². The number of sulfonamides is 2. The molecule has 0 saturated heterocycles. The highest BCUT2D eigenvalue weighted by atomic mass is 32.2. The van der Waals surface area contributed by atoms with Gasteiger partial charge in [0, 0.05) is 24.2 Å². The van der Waals surface area contributed by atoms with Crippen LogP contribution in [0, 0.1) is 0 Å². The Kier molecular flexibility index (Phi) is 6.83. The number of Topliss-reactive ketones (excluding diaryl/α,β-unsaturated/α-hetero) is 2. The highest BCUT2D eigenvalue weighted by Crippen LogP contribution is 2.13. The number of rotatable bonds is 9. The summed E-state index contributed by atoms with van der Waals surface area (Å²) in [7, 11) is -7.80. The summed E-state index contributed by atoms with van der Waals surface area (Å²) in [4.78, 5) is 22.6. The molecule has 0 radical (unpaired) electrons. The van der Waals surface area contributed by atoms with Gasteiger partial charge in [0.1, 0.15) is 0 Å². The summed E-state index contributed by atoms with van der Waals surface area (Å²) in [6.45, 7) is 2.26. The van der Waals surface area contributed by atoms with E-state index < -0.39 is 20.0 Å². The van der Waals surface area contributed by atoms with Crippen molar-refractivity contribution in [3.63, 3.8) is 0 Å². The first kappa shape index (κ1) is 21.9. The summed E-state index contributed by atoms with van der Waals surface area (Å²) in [5.41, 5.74) is 0.517. The van der Waals surface area contributed by atoms with Gasteiger partial charge in [0.2, 0.25) is 20.0 Å². The van der Waals surface area contributed by atoms with E-state index in [-0.39, 0.29) is 45.6 Å². The molecule has 2 aromatic rings. The first-order chi connectivity index (χ1) is 13.0. The third-order valence-electron chi connectivity index (χ3n) is 3.81. The van der Waals surface area contributed by atoms with Crippen molar-refractivity contribution in [2.75, 3.05) is 13.1 Å². The van der Waals surface area contributed by atoms with E-state index >= 15 is 0 Å². The van der Waals surface area contributed by atoms with Gasteiger partial charge in [0.25, 0.3) is 0 Å². The van der Waals surface area contributed by atoms with Gasteiger partial charge in [-0.1, -0.05) is 24.3 Å². The van der Waals surface area contributed by atoms with Crippen LogP contribution in [0.3, 0.4) is 0 Å². The molecule has 150 valence electrons. The quantitative estimate of drug-likeness (QED) is 0.462. The lowest BCUT2D eigenvalue weighted by Gasteiger charge is -2.10. The smallest absolute Gasteiger partial charge is 0.240 e. The summed E-state index contributed by atoms with van der Waals surface area (Å²) in [6.07, 6.45) is 0. The van der Waals surface area contributed by atoms with Gasteiger partial charge in [-0.15, -0.1) is 0 Å². The third-order valence-corrected chi connectivity index (χ3v) is 6.73. The van der Waals surface area contributed by atoms with Crippen molar-refractivity contribution in [2.45, 2.75) is 23.6 Å². The minimum absolute atomic E-state index is 0.0859. The van der Waals surface area contributed by atoms with Crippen LogP contribution in [0.2, 0.25) is 0 Å². The number of hydrogen-bond acceptors (Lipinski definition) is 6. The molecular weight excluding hydrogens is 404 g/mol. The van der Waals surface area contributed by atoms with E-state index in [1.165, 1.54) is 62.4 Å². The number of carbonyl (C=O) groups is 2. The number of benzene rings is 2. The SMILES string of the molecule is CC(=O)c1cccc(S(=O)(=O)NCCNS(=O)(=O)c2cccc(C(C)=O)c2)c1. The van der Waals surface area contributed by atoms with Crippen LogP contribution in [0.25, 0.3) is 0 Å². The monoisotopic (exact) mass is 424 g/mol. The molecule has 0 spiro atoms. The molecule has 0 amide bonds. The summed E-state index contributed by atoms with van der Waals surface area (Å²) in [5.74, 6) is -0.532. The van der Waals surface area contributed by atoms with Gasteiger partial charge in [-0.25, -0.2) is 26.3 Å². The highest BCUT2D eigenvalue weighted by Gasteiger charge is 2.17. The van der Waals surface area contributed by atoms with E-state index in [2.05, 4.69) is 9.44 Å². The van der Waals surface area contributed by atoms with Crippen LogP contribution < -0.4 is 9.44 Å². The molecule has 8 nitrogen and oxygen atoms in total. The topological polar surface area (TPSA) is 126 Å². The van der Waals surface area contributed by atoms with Gasteiger partial charge < -0.3 is 0 Å². The number of nitrogens with one attached hydrogen (secondary N) is 2. The van der Waals surface area contributed by atoms with Crippen molar-refractivity contribution in [3.8, 4) is 0 Å². The molecule has 0 aliphatic rings. The molecular formula is C18H20N2O6S2. The summed E-state index contributed by atoms with van der Waals surface area (Å²) < 4.78 is 53.7. The van der Waals surface area contributed by atoms with Crippen LogP contribution in [-0.4, -0.2) is 41.5 Å². The molecule has 2 N–H and O–H groups in total. The van der Waals surface area contributed by atoms with Crippen molar-refractivity contribution >= 4 is 31.6 Å². The normalized spacial score (nSPS) is 11.9. The molecule has 0 aliphatic heterocycles. The van der Waals surface area contributed by atoms with Crippen LogP contribution in [0.5, 0.6) is 0 Å². The lowest BCUT2D eigenvalue weighted by molar-refractivity contribution is 0.100. The van der Waals surface area contributed by atoms with Crippen LogP contribution in [-0.2, 0) is 20.0 Å². The zero-order chi connectivity index (χ0) is 20.9. The second kappa shape index (κ2) is 8.74. The van der Waals surface area contributed by atoms with Gasteiger partial charge in [0.15, 0.2) is 11.6 Å². The second-order valence-corrected chi connectivity index (χ2v) is 9.50. The Balaban J connectivity index is 2.01. The molecule has 0 saturated carbocycles. The van der Waals surface area contributed by atoms with E-state index in [1.807, 2.05) is 0 Å². The van der Waals surface area contributed by atoms with E-state index in [1.54, 1.807) is 0 Å². The predicted octanol–water partition coefficient (Wildman–Crippen LogP) is 1.35. The maximum absolute atomic E-state index is 12.3. The average Bonchev–Trinajstić information content (AvgIpc) is 2.65. The van der Waals surface area contributed by atoms with Crippen LogP contribution >= 0.6 is 0 Å². The fourth-order valence-corrected chi connectivity index (χ4v) is 4.46. The number of ketones is 2. The van der Waals surface area contributed by atoms with E-state index in [9.17, 15) is 26.4 Å². The molecule has 0 unspecified atom stereocenters. The molecule has 2 aromatic carbocycles. The Morgan fingerprint density at radius 1 is 0.714 bits per heavy atom. The Morgan fingerprint density at radius 2 is 1.07 bits per heavy atom. The van der Waals surface area contributed by atoms with Gasteiger partial charge in [-0.2, -0.15) is 0 Å². The molecule has 2 rings (SSSR count). The molecule has 0 heterocycles. The zero-order valence-electron chi connectivity index (χ0n) is 15.3. The summed E-state index contributed by atoms with van der Waals surface area (Å²) in [5, 5.41) is 0. The summed E-state index contributed by atoms with van der Waals surface area (Å²) >= 11 is 0. The third kappa shape index (κ3) is 5.55. The molecule has 0 aromatic heterocycles. The standard InChI is InChI=1S/C18H20N2O6S2/c1-13(21)15-5-3-7-17(11-15)27(23,24)19-9-10-20-28(25,26)18-8-4-6-16(12-18)14(2)22/h3-8,11-12,19-20H,9-10H2,1-2H3. The predicted molar refractivity (Wildman–Crippen MR) is 103 cm³/mol. The van der Waals surface area contributed by atoms with E-state index in [0.717, 1.165) is 0 Å². The fraction of sp³-hybridized carbons (Fsp3) is 0.222. The van der Waals surface area contributed by atoms with Gasteiger partial charge in [-0.05, 0) is 38.1 Å². The highest BCUT2D eigenvalue weighted by molar-refractivity contribution is 7.90. The molecule has 28 heavy (non-hydrogen) atoms. The molecule has 0 bridgehead atoms. The van der Waals surface area contributed by atoms with Crippen molar-refractivity contribution in [2.24, 2.45) is 0 Å². The summed E-state index contributed by atoms with van der Waals surface area (Å²) in [6, 6.07) is 11.1. The minimum atomic E-state index is -3.90. The van der Waals surface area contributed by atoms with Crippen LogP contribution in [0.1, 0.15) is 34.6 Å². The number of hydrogen-bond donors (Lipinski definition) is 2. The van der Waals surface area contributed by atoms with Gasteiger partial charge in [-0.3, -0.25) is 9.59 Å².